The van der Waals surface area contributed by atoms with E-state index in [2.05, 4.69) is 18.1 Å². The van der Waals surface area contributed by atoms with E-state index in [0.29, 0.717) is 12.2 Å². The zero-order valence-electron chi connectivity index (χ0n) is 9.88. The zero-order chi connectivity index (χ0) is 12.3. The van der Waals surface area contributed by atoms with E-state index in [4.69, 9.17) is 14.8 Å². The number of hydrogen-bond donors (Lipinski definition) is 0. The molecule has 0 saturated heterocycles. The van der Waals surface area contributed by atoms with Gasteiger partial charge in [-0.3, -0.25) is 0 Å². The molecule has 0 amide bonds. The topological polar surface area (TPSA) is 54.6 Å². The Balaban J connectivity index is 2.21. The van der Waals surface area contributed by atoms with E-state index in [1.165, 1.54) is 0 Å². The van der Waals surface area contributed by atoms with E-state index in [1.807, 2.05) is 18.2 Å². The highest BCUT2D eigenvalue weighted by Gasteiger charge is 2.31. The van der Waals surface area contributed by atoms with Crippen LogP contribution in [-0.4, -0.2) is 25.5 Å². The molecule has 0 aliphatic carbocycles. The highest BCUT2D eigenvalue weighted by Crippen LogP contribution is 2.23. The Bertz CT molecular complexity index is 477. The average Bonchev–Trinajstić information content (AvgIpc) is 2.72. The van der Waals surface area contributed by atoms with Crippen LogP contribution in [0.3, 0.4) is 0 Å². The second-order valence-corrected chi connectivity index (χ2v) is 4.06. The second-order valence-electron chi connectivity index (χ2n) is 4.06. The summed E-state index contributed by atoms with van der Waals surface area (Å²) in [7, 11) is 1.64. The van der Waals surface area contributed by atoms with Gasteiger partial charge in [0.15, 0.2) is 6.10 Å². The molecule has 0 saturated carbocycles. The van der Waals surface area contributed by atoms with Crippen molar-refractivity contribution in [3.05, 3.63) is 35.4 Å². The molecule has 0 aromatic heterocycles. The van der Waals surface area contributed by atoms with Gasteiger partial charge < -0.3 is 9.57 Å². The Morgan fingerprint density at radius 1 is 1.53 bits per heavy atom. The van der Waals surface area contributed by atoms with Crippen LogP contribution in [0, 0.1) is 17.2 Å². The summed E-state index contributed by atoms with van der Waals surface area (Å²) in [6.45, 7) is 2.57. The fourth-order valence-electron chi connectivity index (χ4n) is 1.88. The maximum Gasteiger partial charge on any atom is 0.158 e. The predicted octanol–water partition coefficient (Wildman–Crippen LogP) is 1.94. The van der Waals surface area contributed by atoms with Crippen molar-refractivity contribution in [2.24, 2.45) is 11.1 Å². The maximum absolute atomic E-state index is 8.87. The van der Waals surface area contributed by atoms with Gasteiger partial charge in [0.1, 0.15) is 0 Å². The molecule has 4 heteroatoms. The van der Waals surface area contributed by atoms with Crippen LogP contribution in [0.15, 0.2) is 29.4 Å². The van der Waals surface area contributed by atoms with Gasteiger partial charge in [0.2, 0.25) is 0 Å². The molecule has 2 atom stereocenters. The fourth-order valence-corrected chi connectivity index (χ4v) is 1.88. The summed E-state index contributed by atoms with van der Waals surface area (Å²) in [6.07, 6.45) is -0.0410. The Labute approximate surface area is 100 Å². The van der Waals surface area contributed by atoms with Crippen molar-refractivity contribution in [2.45, 2.75) is 13.0 Å². The van der Waals surface area contributed by atoms with Gasteiger partial charge in [-0.05, 0) is 12.1 Å². The van der Waals surface area contributed by atoms with E-state index in [-0.39, 0.29) is 12.0 Å². The fraction of sp³-hybridized carbons (Fsp3) is 0.385. The molecule has 1 aliphatic rings. The lowest BCUT2D eigenvalue weighted by Crippen LogP contribution is -2.25. The van der Waals surface area contributed by atoms with Gasteiger partial charge >= 0.3 is 0 Å². The standard InChI is InChI=1S/C13H14N2O2/c1-9-12(8-16-2)17-15-13(9)11-5-3-4-10(6-11)7-14/h3-6,9,12H,8H2,1-2H3. The van der Waals surface area contributed by atoms with E-state index < -0.39 is 0 Å². The smallest absolute Gasteiger partial charge is 0.158 e. The lowest BCUT2D eigenvalue weighted by molar-refractivity contribution is 0.00460. The summed E-state index contributed by atoms with van der Waals surface area (Å²) in [5.41, 5.74) is 2.45. The van der Waals surface area contributed by atoms with Crippen LogP contribution in [0.4, 0.5) is 0 Å². The van der Waals surface area contributed by atoms with Crippen molar-refractivity contribution in [2.75, 3.05) is 13.7 Å². The summed E-state index contributed by atoms with van der Waals surface area (Å²) >= 11 is 0. The molecule has 88 valence electrons. The van der Waals surface area contributed by atoms with Crippen LogP contribution < -0.4 is 0 Å². The summed E-state index contributed by atoms with van der Waals surface area (Å²) in [4.78, 5) is 5.33. The number of hydrogen-bond acceptors (Lipinski definition) is 4. The number of benzene rings is 1. The quantitative estimate of drug-likeness (QED) is 0.797. The number of methoxy groups -OCH3 is 1. The molecular formula is C13H14N2O2. The summed E-state index contributed by atoms with van der Waals surface area (Å²) in [5, 5.41) is 13.0. The molecule has 0 fully saturated rings. The highest BCUT2D eigenvalue weighted by molar-refractivity contribution is 6.03. The van der Waals surface area contributed by atoms with Gasteiger partial charge in [0, 0.05) is 18.6 Å². The average molecular weight is 230 g/mol. The minimum Gasteiger partial charge on any atom is -0.389 e. The summed E-state index contributed by atoms with van der Waals surface area (Å²) < 4.78 is 5.07. The second kappa shape index (κ2) is 4.98. The van der Waals surface area contributed by atoms with Crippen molar-refractivity contribution >= 4 is 5.71 Å². The van der Waals surface area contributed by atoms with Gasteiger partial charge in [-0.2, -0.15) is 5.26 Å². The minimum atomic E-state index is -0.0410. The van der Waals surface area contributed by atoms with Gasteiger partial charge in [0.05, 0.1) is 24.0 Å². The van der Waals surface area contributed by atoms with Crippen molar-refractivity contribution in [3.8, 4) is 6.07 Å². The molecule has 0 spiro atoms. The van der Waals surface area contributed by atoms with Gasteiger partial charge in [-0.25, -0.2) is 0 Å². The number of nitrogens with zero attached hydrogens (tertiary/aromatic N) is 2. The number of ether oxygens (including phenoxy) is 1. The molecule has 2 rings (SSSR count). The third kappa shape index (κ3) is 2.29. The van der Waals surface area contributed by atoms with E-state index in [9.17, 15) is 0 Å². The Morgan fingerprint density at radius 2 is 2.35 bits per heavy atom. The first-order valence-corrected chi connectivity index (χ1v) is 5.49. The lowest BCUT2D eigenvalue weighted by Gasteiger charge is -2.13. The molecule has 2 unspecified atom stereocenters. The van der Waals surface area contributed by atoms with Crippen LogP contribution in [0.2, 0.25) is 0 Å². The first-order valence-electron chi connectivity index (χ1n) is 5.49. The predicted molar refractivity (Wildman–Crippen MR) is 63.6 cm³/mol. The molecule has 0 radical (unpaired) electrons. The Kier molecular flexibility index (Phi) is 3.40. The van der Waals surface area contributed by atoms with Crippen LogP contribution >= 0.6 is 0 Å². The third-order valence-electron chi connectivity index (χ3n) is 2.89. The van der Waals surface area contributed by atoms with Crippen molar-refractivity contribution in [1.82, 2.24) is 0 Å². The molecule has 1 aromatic rings. The van der Waals surface area contributed by atoms with Crippen molar-refractivity contribution in [1.29, 1.82) is 5.26 Å². The van der Waals surface area contributed by atoms with E-state index >= 15 is 0 Å². The number of oxime groups is 1. The molecule has 17 heavy (non-hydrogen) atoms. The first kappa shape index (κ1) is 11.6. The molecular weight excluding hydrogens is 216 g/mol. The lowest BCUT2D eigenvalue weighted by atomic mass is 9.94. The maximum atomic E-state index is 8.87. The van der Waals surface area contributed by atoms with Crippen molar-refractivity contribution < 1.29 is 9.57 Å². The number of rotatable bonds is 3. The van der Waals surface area contributed by atoms with E-state index in [0.717, 1.165) is 11.3 Å². The van der Waals surface area contributed by atoms with Gasteiger partial charge in [-0.15, -0.1) is 0 Å². The molecule has 0 bridgehead atoms. The van der Waals surface area contributed by atoms with Crippen LogP contribution in [0.5, 0.6) is 0 Å². The van der Waals surface area contributed by atoms with Gasteiger partial charge in [0.25, 0.3) is 0 Å². The van der Waals surface area contributed by atoms with Crippen molar-refractivity contribution in [3.63, 3.8) is 0 Å². The van der Waals surface area contributed by atoms with Crippen LogP contribution in [0.1, 0.15) is 18.1 Å². The molecule has 0 N–H and O–H groups in total. The summed E-state index contributed by atoms with van der Waals surface area (Å²) in [5.74, 6) is 0.170. The molecule has 1 heterocycles. The molecule has 4 nitrogen and oxygen atoms in total. The minimum absolute atomic E-state index is 0.0410. The van der Waals surface area contributed by atoms with Gasteiger partial charge in [-0.1, -0.05) is 24.2 Å². The van der Waals surface area contributed by atoms with E-state index in [1.54, 1.807) is 13.2 Å². The molecule has 1 aliphatic heterocycles. The van der Waals surface area contributed by atoms with Crippen LogP contribution in [-0.2, 0) is 9.57 Å². The Hall–Kier alpha value is -1.86. The van der Waals surface area contributed by atoms with Crippen LogP contribution in [0.25, 0.3) is 0 Å². The molecule has 1 aromatic carbocycles. The monoisotopic (exact) mass is 230 g/mol. The third-order valence-corrected chi connectivity index (χ3v) is 2.89. The SMILES string of the molecule is COCC1ON=C(c2cccc(C#N)c2)C1C. The first-order chi connectivity index (χ1) is 8.26. The normalized spacial score (nSPS) is 22.8. The highest BCUT2D eigenvalue weighted by atomic mass is 16.7. The summed E-state index contributed by atoms with van der Waals surface area (Å²) in [6, 6.07) is 9.52. The Morgan fingerprint density at radius 3 is 3.06 bits per heavy atom. The zero-order valence-corrected chi connectivity index (χ0v) is 9.88. The largest absolute Gasteiger partial charge is 0.389 e. The number of nitriles is 1.